The fourth-order valence-electron chi connectivity index (χ4n) is 8.12. The summed E-state index contributed by atoms with van der Waals surface area (Å²) in [6.45, 7) is 6.60. The third kappa shape index (κ3) is 19.1. The van der Waals surface area contributed by atoms with Crippen molar-refractivity contribution in [3.05, 3.63) is 84.8 Å². The van der Waals surface area contributed by atoms with Gasteiger partial charge in [-0.25, -0.2) is 4.39 Å². The van der Waals surface area contributed by atoms with Crippen molar-refractivity contribution < 1.29 is 88.7 Å². The number of fused-ring (bicyclic) bond motifs is 2. The van der Waals surface area contributed by atoms with E-state index in [4.69, 9.17) is 29.4 Å². The molecule has 3 heterocycles. The summed E-state index contributed by atoms with van der Waals surface area (Å²) >= 11 is 0. The summed E-state index contributed by atoms with van der Waals surface area (Å²) in [5.74, 6) is -6.77. The fraction of sp³-hybridized carbons (Fsp3) is 0.667. The number of hydrogen-bond donors (Lipinski definition) is 11. The Bertz CT molecular complexity index is 1740. The molecule has 0 radical (unpaired) electrons. The summed E-state index contributed by atoms with van der Waals surface area (Å²) in [6, 6.07) is -1.16. The zero-order chi connectivity index (χ0) is 50.0. The van der Waals surface area contributed by atoms with E-state index in [1.54, 1.807) is 69.4 Å². The van der Waals surface area contributed by atoms with Crippen LogP contribution >= 0.6 is 0 Å². The predicted octanol–water partition coefficient (Wildman–Crippen LogP) is 1.10. The number of aliphatic hydroxyl groups excluding tert-OH is 9. The van der Waals surface area contributed by atoms with Crippen molar-refractivity contribution in [1.29, 1.82) is 0 Å². The van der Waals surface area contributed by atoms with Crippen LogP contribution in [0, 0.1) is 17.8 Å². The van der Waals surface area contributed by atoms with E-state index in [1.165, 1.54) is 37.3 Å². The van der Waals surface area contributed by atoms with Crippen molar-refractivity contribution in [2.75, 3.05) is 7.11 Å². The molecule has 0 aliphatic carbocycles. The van der Waals surface area contributed by atoms with E-state index in [0.717, 1.165) is 7.11 Å². The van der Waals surface area contributed by atoms with Crippen LogP contribution in [0.15, 0.2) is 84.8 Å². The van der Waals surface area contributed by atoms with Crippen molar-refractivity contribution in [2.45, 2.75) is 177 Å². The van der Waals surface area contributed by atoms with Gasteiger partial charge in [-0.05, 0) is 45.3 Å². The number of esters is 2. The van der Waals surface area contributed by atoms with Crippen LogP contribution < -0.4 is 5.73 Å². The van der Waals surface area contributed by atoms with E-state index < -0.39 is 153 Å². The molecule has 3 aliphatic rings. The lowest BCUT2D eigenvalue weighted by molar-refractivity contribution is -0.308. The Morgan fingerprint density at radius 1 is 0.731 bits per heavy atom. The van der Waals surface area contributed by atoms with Crippen molar-refractivity contribution in [3.63, 3.8) is 0 Å². The Hall–Kier alpha value is -3.51. The van der Waals surface area contributed by atoms with Crippen LogP contribution in [0.2, 0.25) is 0 Å². The summed E-state index contributed by atoms with van der Waals surface area (Å²) in [4.78, 5) is 25.7. The number of halogens is 1. The van der Waals surface area contributed by atoms with E-state index in [-0.39, 0.29) is 31.6 Å². The molecule has 3 aliphatic heterocycles. The fourth-order valence-corrected chi connectivity index (χ4v) is 8.12. The van der Waals surface area contributed by atoms with Crippen molar-refractivity contribution in [1.82, 2.24) is 0 Å². The summed E-state index contributed by atoms with van der Waals surface area (Å²) in [7, 11) is 1.10. The minimum atomic E-state index is -2.30. The number of aliphatic hydroxyl groups is 10. The molecule has 67 heavy (non-hydrogen) atoms. The number of rotatable bonds is 3. The standard InChI is InChI=1S/C48H74FNO17/c1-27-15-11-10-13-17-31(49)16-12-8-6-7-9-14-18-35(66-47-45(60)42(50)44(59)30(4)65-47)24-39-41(46(61)63-5)38(56)26-48(62,67-39)25-34(53)22-37(55)36(54)20-19-32(51)21-33(52)23-40(57)64-29(3)28(2)43(27)58/h6-18,27-30,32-39,41-45,47,51-56,58-60,62H,19-26,50H2,1-5H3/t27-,28-,29-,30+,32+,33+,34-,35-,36+,37+,38-,39-,41+,42-,43+,44+,45-,47-,48+/m0/s1/i49+0. The molecule has 0 aromatic heterocycles. The molecule has 0 aromatic carbocycles. The van der Waals surface area contributed by atoms with Crippen molar-refractivity contribution in [2.24, 2.45) is 23.5 Å². The lowest BCUT2D eigenvalue weighted by Crippen LogP contribution is -2.61. The maximum Gasteiger partial charge on any atom is 0.313 e. The lowest BCUT2D eigenvalue weighted by Gasteiger charge is -2.45. The molecule has 0 aromatic rings. The zero-order valence-corrected chi connectivity index (χ0v) is 38.8. The molecule has 2 fully saturated rings. The van der Waals surface area contributed by atoms with Gasteiger partial charge in [-0.15, -0.1) is 0 Å². The minimum absolute atomic E-state index is 0.114. The van der Waals surface area contributed by atoms with Crippen LogP contribution in [0.3, 0.4) is 0 Å². The Kier molecular flexibility index (Phi) is 24.4. The van der Waals surface area contributed by atoms with Gasteiger partial charge in [-0.1, -0.05) is 80.7 Å². The number of ether oxygens (including phenoxy) is 5. The second-order valence-corrected chi connectivity index (χ2v) is 17.9. The van der Waals surface area contributed by atoms with Gasteiger partial charge in [0.1, 0.15) is 24.0 Å². The normalized spacial score (nSPS) is 41.3. The van der Waals surface area contributed by atoms with Crippen molar-refractivity contribution in [3.8, 4) is 0 Å². The molecular formula is C48H74FNO17. The molecule has 19 atom stereocenters. The predicted molar refractivity (Wildman–Crippen MR) is 241 cm³/mol. The molecule has 3 rings (SSSR count). The average molecular weight is 956 g/mol. The highest BCUT2D eigenvalue weighted by Crippen LogP contribution is 2.38. The maximum atomic E-state index is 14.4. The number of allylic oxidation sites excluding steroid dienone is 12. The van der Waals surface area contributed by atoms with Gasteiger partial charge in [0.05, 0.1) is 86.7 Å². The molecule has 0 saturated carbocycles. The van der Waals surface area contributed by atoms with Gasteiger partial charge in [0.15, 0.2) is 12.1 Å². The van der Waals surface area contributed by atoms with E-state index in [9.17, 15) is 65.0 Å². The van der Waals surface area contributed by atoms with Crippen LogP contribution in [0.25, 0.3) is 0 Å². The Morgan fingerprint density at radius 3 is 2.06 bits per heavy atom. The largest absolute Gasteiger partial charge is 0.469 e. The van der Waals surface area contributed by atoms with Crippen LogP contribution in [-0.4, -0.2) is 168 Å². The van der Waals surface area contributed by atoms with E-state index in [2.05, 4.69) is 0 Å². The molecule has 2 bridgehead atoms. The van der Waals surface area contributed by atoms with Gasteiger partial charge in [0.25, 0.3) is 0 Å². The van der Waals surface area contributed by atoms with Gasteiger partial charge in [0, 0.05) is 37.5 Å². The first-order valence-corrected chi connectivity index (χ1v) is 22.8. The van der Waals surface area contributed by atoms with Gasteiger partial charge < -0.3 is 80.5 Å². The zero-order valence-electron chi connectivity index (χ0n) is 38.8. The SMILES string of the molecule is COC(=O)[C@H]1[C@@H]2C[C@@H](O[C@@H]3O[C@H](C)[C@@H](O)[C@H](N)[C@@H]3O)C=CC=CC=CC=CC([19F])=CC=CC=C[C@H](C)[C@@H](O)[C@@H](C)[C@H](C)OC(=O)C[C@H](O)C[C@H](O)CC[C@@H](O)[C@H](O)C[C@H](O)C[C@](O)(C[C@@H]1O)O2. The Labute approximate surface area is 391 Å². The monoisotopic (exact) mass is 955 g/mol. The summed E-state index contributed by atoms with van der Waals surface area (Å²) in [6.07, 6.45) is -1.01. The topological polar surface area (TPSA) is 309 Å². The molecule has 2 saturated heterocycles. The van der Waals surface area contributed by atoms with Crippen LogP contribution in [0.1, 0.15) is 79.1 Å². The minimum Gasteiger partial charge on any atom is -0.469 e. The molecule has 0 amide bonds. The Morgan fingerprint density at radius 2 is 1.37 bits per heavy atom. The van der Waals surface area contributed by atoms with E-state index >= 15 is 0 Å². The molecule has 0 unspecified atom stereocenters. The van der Waals surface area contributed by atoms with Gasteiger partial charge in [-0.3, -0.25) is 9.59 Å². The van der Waals surface area contributed by atoms with E-state index in [0.29, 0.717) is 0 Å². The highest BCUT2D eigenvalue weighted by atomic mass is 19.1. The number of methoxy groups -OCH3 is 1. The van der Waals surface area contributed by atoms with Crippen molar-refractivity contribution >= 4 is 11.9 Å². The van der Waals surface area contributed by atoms with Gasteiger partial charge in [-0.2, -0.15) is 0 Å². The lowest BCUT2D eigenvalue weighted by atomic mass is 9.82. The number of carbonyl (C=O) groups is 2. The molecule has 19 heteroatoms. The third-order valence-electron chi connectivity index (χ3n) is 12.3. The summed E-state index contributed by atoms with van der Waals surface area (Å²) < 4.78 is 42.7. The number of nitrogens with two attached hydrogens (primary N) is 1. The van der Waals surface area contributed by atoms with Crippen LogP contribution in [0.5, 0.6) is 0 Å². The Balaban J connectivity index is 1.90. The number of carbonyl (C=O) groups excluding carboxylic acids is 2. The maximum absolute atomic E-state index is 14.4. The second-order valence-electron chi connectivity index (χ2n) is 17.9. The first-order valence-electron chi connectivity index (χ1n) is 22.8. The second kappa shape index (κ2) is 28.2. The first-order chi connectivity index (χ1) is 31.5. The first kappa shape index (κ1) is 57.8. The average Bonchev–Trinajstić information content (AvgIpc) is 3.25. The smallest absolute Gasteiger partial charge is 0.313 e. The number of cyclic esters (lactones) is 1. The highest BCUT2D eigenvalue weighted by Gasteiger charge is 2.51. The summed E-state index contributed by atoms with van der Waals surface area (Å²) in [5.41, 5.74) is 6.04. The van der Waals surface area contributed by atoms with Gasteiger partial charge in [0.2, 0.25) is 0 Å². The molecule has 18 nitrogen and oxygen atoms in total. The van der Waals surface area contributed by atoms with Crippen LogP contribution in [-0.2, 0) is 33.3 Å². The third-order valence-corrected chi connectivity index (χ3v) is 12.3. The summed E-state index contributed by atoms with van der Waals surface area (Å²) in [5, 5.41) is 109. The number of hydrogen-bond acceptors (Lipinski definition) is 18. The molecule has 12 N–H and O–H groups in total. The van der Waals surface area contributed by atoms with Crippen LogP contribution in [0.4, 0.5) is 4.39 Å². The van der Waals surface area contributed by atoms with Gasteiger partial charge >= 0.3 is 11.9 Å². The molecule has 380 valence electrons. The quantitative estimate of drug-likeness (QED) is 0.177. The van der Waals surface area contributed by atoms with E-state index in [1.807, 2.05) is 0 Å². The molecule has 0 spiro atoms. The molecular weight excluding hydrogens is 882 g/mol. The highest BCUT2D eigenvalue weighted by molar-refractivity contribution is 5.74.